The molecule has 4 heteroatoms. The minimum Gasteiger partial charge on any atom is -0.465 e. The average molecular weight is 222 g/mol. The van der Waals surface area contributed by atoms with Crippen LogP contribution in [0.2, 0.25) is 0 Å². The Bertz CT molecular complexity index is 564. The molecule has 0 unspecified atom stereocenters. The molecule has 0 bridgehead atoms. The van der Waals surface area contributed by atoms with E-state index >= 15 is 0 Å². The van der Waals surface area contributed by atoms with Crippen molar-refractivity contribution >= 4 is 16.7 Å². The van der Waals surface area contributed by atoms with Gasteiger partial charge in [-0.3, -0.25) is 0 Å². The Hall–Kier alpha value is -1.97. The lowest BCUT2D eigenvalue weighted by atomic mass is 10.1. The molecule has 82 valence electrons. The highest BCUT2D eigenvalue weighted by Gasteiger charge is 2.09. The van der Waals surface area contributed by atoms with E-state index in [0.29, 0.717) is 5.39 Å². The van der Waals surface area contributed by atoms with Gasteiger partial charge in [0, 0.05) is 11.5 Å². The molecule has 0 aromatic heterocycles. The molecule has 0 aliphatic carbocycles. The SMILES string of the molecule is COC(=O)c1ccc2c(F)cc(F)cc2c1. The molecule has 0 atom stereocenters. The highest BCUT2D eigenvalue weighted by molar-refractivity contribution is 5.95. The second-order valence-electron chi connectivity index (χ2n) is 3.32. The summed E-state index contributed by atoms with van der Waals surface area (Å²) in [5.41, 5.74) is 0.264. The molecule has 0 saturated heterocycles. The monoisotopic (exact) mass is 222 g/mol. The molecule has 0 spiro atoms. The number of hydrogen-bond acceptors (Lipinski definition) is 2. The van der Waals surface area contributed by atoms with Crippen LogP contribution in [0.1, 0.15) is 10.4 Å². The van der Waals surface area contributed by atoms with Crippen molar-refractivity contribution in [1.29, 1.82) is 0 Å². The molecule has 2 aromatic rings. The fourth-order valence-corrected chi connectivity index (χ4v) is 1.53. The van der Waals surface area contributed by atoms with Gasteiger partial charge in [-0.2, -0.15) is 0 Å². The third-order valence-corrected chi connectivity index (χ3v) is 2.29. The van der Waals surface area contributed by atoms with Gasteiger partial charge in [0.05, 0.1) is 12.7 Å². The number of hydrogen-bond donors (Lipinski definition) is 0. The van der Waals surface area contributed by atoms with E-state index in [9.17, 15) is 13.6 Å². The summed E-state index contributed by atoms with van der Waals surface area (Å²) >= 11 is 0. The lowest BCUT2D eigenvalue weighted by Crippen LogP contribution is -2.00. The standard InChI is InChI=1S/C12H8F2O2/c1-16-12(15)7-2-3-10-8(4-7)5-9(13)6-11(10)14/h2-6H,1H3. The Labute approximate surface area is 90.4 Å². The Kier molecular flexibility index (Phi) is 2.56. The number of carbonyl (C=O) groups excluding carboxylic acids is 1. The summed E-state index contributed by atoms with van der Waals surface area (Å²) in [6, 6.07) is 6.24. The van der Waals surface area contributed by atoms with E-state index < -0.39 is 17.6 Å². The summed E-state index contributed by atoms with van der Waals surface area (Å²) < 4.78 is 30.8. The number of esters is 1. The van der Waals surface area contributed by atoms with Crippen molar-refractivity contribution in [3.63, 3.8) is 0 Å². The number of fused-ring (bicyclic) bond motifs is 1. The molecular formula is C12H8F2O2. The molecule has 0 aliphatic rings. The molecule has 0 saturated carbocycles. The van der Waals surface area contributed by atoms with Gasteiger partial charge in [0.2, 0.25) is 0 Å². The van der Waals surface area contributed by atoms with E-state index in [1.165, 1.54) is 31.4 Å². The van der Waals surface area contributed by atoms with Crippen molar-refractivity contribution in [2.24, 2.45) is 0 Å². The first-order valence-electron chi connectivity index (χ1n) is 4.59. The number of methoxy groups -OCH3 is 1. The number of halogens is 2. The van der Waals surface area contributed by atoms with E-state index in [0.717, 1.165) is 6.07 Å². The zero-order valence-electron chi connectivity index (χ0n) is 8.46. The summed E-state index contributed by atoms with van der Waals surface area (Å²) in [6.07, 6.45) is 0. The summed E-state index contributed by atoms with van der Waals surface area (Å²) in [5, 5.41) is 0.606. The number of benzene rings is 2. The molecule has 0 amide bonds. The minimum atomic E-state index is -0.674. The lowest BCUT2D eigenvalue weighted by molar-refractivity contribution is 0.0601. The molecule has 0 N–H and O–H groups in total. The smallest absolute Gasteiger partial charge is 0.337 e. The van der Waals surface area contributed by atoms with Gasteiger partial charge in [-0.15, -0.1) is 0 Å². The summed E-state index contributed by atoms with van der Waals surface area (Å²) in [6.45, 7) is 0. The Balaban J connectivity index is 2.66. The van der Waals surface area contributed by atoms with E-state index in [1.807, 2.05) is 0 Å². The van der Waals surface area contributed by atoms with E-state index in [2.05, 4.69) is 4.74 Å². The van der Waals surface area contributed by atoms with Crippen LogP contribution < -0.4 is 0 Å². The second-order valence-corrected chi connectivity index (χ2v) is 3.32. The van der Waals surface area contributed by atoms with Gasteiger partial charge in [0.25, 0.3) is 0 Å². The maximum atomic E-state index is 13.3. The van der Waals surface area contributed by atoms with Crippen molar-refractivity contribution < 1.29 is 18.3 Å². The predicted octanol–water partition coefficient (Wildman–Crippen LogP) is 2.90. The third-order valence-electron chi connectivity index (χ3n) is 2.29. The molecule has 2 aromatic carbocycles. The summed E-state index contributed by atoms with van der Waals surface area (Å²) in [4.78, 5) is 11.2. The largest absolute Gasteiger partial charge is 0.465 e. The van der Waals surface area contributed by atoms with Crippen LogP contribution in [-0.4, -0.2) is 13.1 Å². The van der Waals surface area contributed by atoms with Crippen LogP contribution >= 0.6 is 0 Å². The number of rotatable bonds is 1. The quantitative estimate of drug-likeness (QED) is 0.693. The van der Waals surface area contributed by atoms with Gasteiger partial charge in [-0.25, -0.2) is 13.6 Å². The molecule has 0 heterocycles. The first-order valence-corrected chi connectivity index (χ1v) is 4.59. The average Bonchev–Trinajstić information content (AvgIpc) is 2.27. The summed E-state index contributed by atoms with van der Waals surface area (Å²) in [7, 11) is 1.25. The highest BCUT2D eigenvalue weighted by atomic mass is 19.1. The van der Waals surface area contributed by atoms with E-state index in [4.69, 9.17) is 0 Å². The fourth-order valence-electron chi connectivity index (χ4n) is 1.53. The van der Waals surface area contributed by atoms with Crippen LogP contribution in [0, 0.1) is 11.6 Å². The molecule has 2 rings (SSSR count). The van der Waals surface area contributed by atoms with Gasteiger partial charge in [0.1, 0.15) is 11.6 Å². The first kappa shape index (κ1) is 10.5. The van der Waals surface area contributed by atoms with Gasteiger partial charge in [-0.1, -0.05) is 6.07 Å². The molecule has 2 nitrogen and oxygen atoms in total. The van der Waals surface area contributed by atoms with E-state index in [-0.39, 0.29) is 10.9 Å². The Morgan fingerprint density at radius 3 is 2.62 bits per heavy atom. The van der Waals surface area contributed by atoms with Crippen LogP contribution in [0.5, 0.6) is 0 Å². The van der Waals surface area contributed by atoms with Crippen LogP contribution in [0.4, 0.5) is 8.78 Å². The normalized spacial score (nSPS) is 10.4. The summed E-state index contributed by atoms with van der Waals surface area (Å²) in [5.74, 6) is -1.86. The van der Waals surface area contributed by atoms with Crippen molar-refractivity contribution in [2.45, 2.75) is 0 Å². The molecule has 0 radical (unpaired) electrons. The zero-order valence-corrected chi connectivity index (χ0v) is 8.46. The maximum Gasteiger partial charge on any atom is 0.337 e. The topological polar surface area (TPSA) is 26.3 Å². The van der Waals surface area contributed by atoms with Crippen molar-refractivity contribution in [1.82, 2.24) is 0 Å². The lowest BCUT2D eigenvalue weighted by Gasteiger charge is -2.03. The second kappa shape index (κ2) is 3.89. The van der Waals surface area contributed by atoms with Gasteiger partial charge in [0.15, 0.2) is 0 Å². The molecule has 0 aliphatic heterocycles. The predicted molar refractivity (Wildman–Crippen MR) is 55.2 cm³/mol. The van der Waals surface area contributed by atoms with Gasteiger partial charge < -0.3 is 4.74 Å². The van der Waals surface area contributed by atoms with Crippen molar-refractivity contribution in [2.75, 3.05) is 7.11 Å². The molecule has 16 heavy (non-hydrogen) atoms. The number of ether oxygens (including phenoxy) is 1. The van der Waals surface area contributed by atoms with Crippen LogP contribution in [0.15, 0.2) is 30.3 Å². The minimum absolute atomic E-state index is 0.264. The van der Waals surface area contributed by atoms with Crippen molar-refractivity contribution in [3.05, 3.63) is 47.5 Å². The van der Waals surface area contributed by atoms with Gasteiger partial charge >= 0.3 is 5.97 Å². The zero-order chi connectivity index (χ0) is 11.7. The first-order chi connectivity index (χ1) is 7.61. The van der Waals surface area contributed by atoms with Crippen LogP contribution in [0.3, 0.4) is 0 Å². The fraction of sp³-hybridized carbons (Fsp3) is 0.0833. The Morgan fingerprint density at radius 1 is 1.19 bits per heavy atom. The maximum absolute atomic E-state index is 13.3. The van der Waals surface area contributed by atoms with Crippen LogP contribution in [0.25, 0.3) is 10.8 Å². The van der Waals surface area contributed by atoms with Crippen molar-refractivity contribution in [3.8, 4) is 0 Å². The van der Waals surface area contributed by atoms with Crippen LogP contribution in [-0.2, 0) is 4.74 Å². The Morgan fingerprint density at radius 2 is 1.94 bits per heavy atom. The van der Waals surface area contributed by atoms with E-state index in [1.54, 1.807) is 0 Å². The third kappa shape index (κ3) is 1.74. The molecular weight excluding hydrogens is 214 g/mol. The molecule has 0 fully saturated rings. The highest BCUT2D eigenvalue weighted by Crippen LogP contribution is 2.21. The number of carbonyl (C=O) groups is 1. The van der Waals surface area contributed by atoms with Gasteiger partial charge in [-0.05, 0) is 23.6 Å².